The molecule has 1 heterocycles. The zero-order valence-corrected chi connectivity index (χ0v) is 13.4. The van der Waals surface area contributed by atoms with E-state index < -0.39 is 29.1 Å². The number of anilines is 1. The Morgan fingerprint density at radius 1 is 1.12 bits per heavy atom. The van der Waals surface area contributed by atoms with Crippen LogP contribution in [0.1, 0.15) is 15.9 Å². The predicted molar refractivity (Wildman–Crippen MR) is 87.2 cm³/mol. The molecule has 8 nitrogen and oxygen atoms in total. The molecule has 0 radical (unpaired) electrons. The van der Waals surface area contributed by atoms with Gasteiger partial charge in [-0.25, -0.2) is 13.6 Å². The van der Waals surface area contributed by atoms with Crippen molar-refractivity contribution < 1.29 is 18.4 Å². The van der Waals surface area contributed by atoms with Crippen molar-refractivity contribution in [1.29, 1.82) is 0 Å². The molecular formula is C16H12F2N6O2. The van der Waals surface area contributed by atoms with E-state index in [0.29, 0.717) is 22.6 Å². The summed E-state index contributed by atoms with van der Waals surface area (Å²) in [6.07, 6.45) is 0. The topological polar surface area (TPSA) is 113 Å². The van der Waals surface area contributed by atoms with Crippen LogP contribution in [0.2, 0.25) is 0 Å². The first-order valence-electron chi connectivity index (χ1n) is 7.36. The Kier molecular flexibility index (Phi) is 4.65. The number of aromatic nitrogens is 4. The van der Waals surface area contributed by atoms with Crippen molar-refractivity contribution in [1.82, 2.24) is 25.9 Å². The molecule has 3 N–H and O–H groups in total. The maximum absolute atomic E-state index is 13.6. The van der Waals surface area contributed by atoms with Crippen LogP contribution in [-0.2, 0) is 0 Å². The van der Waals surface area contributed by atoms with Gasteiger partial charge in [-0.3, -0.25) is 10.1 Å². The van der Waals surface area contributed by atoms with Crippen LogP contribution < -0.4 is 10.6 Å². The maximum atomic E-state index is 13.6. The maximum Gasteiger partial charge on any atom is 0.326 e. The highest BCUT2D eigenvalue weighted by Gasteiger charge is 2.19. The summed E-state index contributed by atoms with van der Waals surface area (Å²) in [6.45, 7) is 1.72. The van der Waals surface area contributed by atoms with Crippen LogP contribution in [0.15, 0.2) is 36.4 Å². The summed E-state index contributed by atoms with van der Waals surface area (Å²) in [5.74, 6) is -2.92. The van der Waals surface area contributed by atoms with Crippen LogP contribution in [0, 0.1) is 18.6 Å². The number of urea groups is 1. The minimum atomic E-state index is -1.18. The monoisotopic (exact) mass is 358 g/mol. The second-order valence-corrected chi connectivity index (χ2v) is 5.27. The molecule has 3 amide bonds. The van der Waals surface area contributed by atoms with Crippen molar-refractivity contribution in [2.24, 2.45) is 0 Å². The third kappa shape index (κ3) is 3.53. The van der Waals surface area contributed by atoms with E-state index in [4.69, 9.17) is 0 Å². The van der Waals surface area contributed by atoms with Crippen LogP contribution in [0.3, 0.4) is 0 Å². The fraction of sp³-hybridized carbons (Fsp3) is 0.0625. The lowest BCUT2D eigenvalue weighted by molar-refractivity contribution is 0.0959. The van der Waals surface area contributed by atoms with E-state index in [1.807, 2.05) is 5.32 Å². The first-order chi connectivity index (χ1) is 12.5. The Bertz CT molecular complexity index is 955. The smallest absolute Gasteiger partial charge is 0.307 e. The third-order valence-corrected chi connectivity index (χ3v) is 3.50. The molecule has 2 aromatic carbocycles. The molecule has 3 rings (SSSR count). The van der Waals surface area contributed by atoms with Crippen LogP contribution in [-0.4, -0.2) is 32.6 Å². The summed E-state index contributed by atoms with van der Waals surface area (Å²) in [5.41, 5.74) is 0.905. The lowest BCUT2D eigenvalue weighted by atomic mass is 10.1. The van der Waals surface area contributed by atoms with Crippen molar-refractivity contribution >= 4 is 17.6 Å². The quantitative estimate of drug-likeness (QED) is 0.665. The number of nitrogens with zero attached hydrogens (tertiary/aromatic N) is 3. The molecule has 26 heavy (non-hydrogen) atoms. The number of tetrazole rings is 1. The number of hydrogen-bond donors (Lipinski definition) is 3. The first-order valence-corrected chi connectivity index (χ1v) is 7.36. The molecule has 1 aromatic heterocycles. The van der Waals surface area contributed by atoms with Gasteiger partial charge in [-0.05, 0) is 48.0 Å². The standard InChI is InChI=1S/C16H12F2N6O2/c1-8-7-9(14-21-23-24-22-14)5-6-12(8)19-16(26)20-15(25)13-10(17)3-2-4-11(13)18/h2-7H,1H3,(H2,19,20,25,26)(H,21,22,23,24). The Morgan fingerprint density at radius 3 is 2.46 bits per heavy atom. The number of benzene rings is 2. The molecule has 0 saturated carbocycles. The molecule has 0 atom stereocenters. The fourth-order valence-corrected chi connectivity index (χ4v) is 2.26. The van der Waals surface area contributed by atoms with Crippen molar-refractivity contribution in [3.05, 3.63) is 59.2 Å². The van der Waals surface area contributed by atoms with Gasteiger partial charge in [-0.2, -0.15) is 5.21 Å². The van der Waals surface area contributed by atoms with Gasteiger partial charge in [-0.15, -0.1) is 10.2 Å². The van der Waals surface area contributed by atoms with E-state index in [1.165, 1.54) is 0 Å². The number of hydrogen-bond acceptors (Lipinski definition) is 5. The predicted octanol–water partition coefficient (Wildman–Crippen LogP) is 2.42. The molecule has 3 aromatic rings. The number of aryl methyl sites for hydroxylation is 1. The number of nitrogens with one attached hydrogen (secondary N) is 3. The summed E-state index contributed by atoms with van der Waals surface area (Å²) in [7, 11) is 0. The Labute approximate surface area is 145 Å². The van der Waals surface area contributed by atoms with Crippen LogP contribution in [0.5, 0.6) is 0 Å². The van der Waals surface area contributed by atoms with E-state index in [1.54, 1.807) is 25.1 Å². The van der Waals surface area contributed by atoms with E-state index in [-0.39, 0.29) is 0 Å². The van der Waals surface area contributed by atoms with Gasteiger partial charge in [0.25, 0.3) is 5.91 Å². The molecule has 0 bridgehead atoms. The van der Waals surface area contributed by atoms with Gasteiger partial charge in [0.05, 0.1) is 0 Å². The van der Waals surface area contributed by atoms with Crippen molar-refractivity contribution in [3.63, 3.8) is 0 Å². The Hall–Kier alpha value is -3.69. The van der Waals surface area contributed by atoms with E-state index in [9.17, 15) is 18.4 Å². The molecule has 0 aliphatic heterocycles. The van der Waals surface area contributed by atoms with E-state index >= 15 is 0 Å². The van der Waals surface area contributed by atoms with Gasteiger partial charge in [0.15, 0.2) is 0 Å². The number of rotatable bonds is 3. The second-order valence-electron chi connectivity index (χ2n) is 5.27. The van der Waals surface area contributed by atoms with E-state index in [2.05, 4.69) is 25.9 Å². The number of amides is 3. The molecule has 0 aliphatic rings. The highest BCUT2D eigenvalue weighted by Crippen LogP contribution is 2.21. The van der Waals surface area contributed by atoms with Gasteiger partial charge in [-0.1, -0.05) is 6.07 Å². The number of carbonyl (C=O) groups is 2. The Morgan fingerprint density at radius 2 is 1.85 bits per heavy atom. The first kappa shape index (κ1) is 17.1. The van der Waals surface area contributed by atoms with Gasteiger partial charge in [0.2, 0.25) is 5.82 Å². The average Bonchev–Trinajstić information content (AvgIpc) is 3.11. The average molecular weight is 358 g/mol. The molecule has 0 saturated heterocycles. The van der Waals surface area contributed by atoms with Crippen LogP contribution in [0.4, 0.5) is 19.3 Å². The summed E-state index contributed by atoms with van der Waals surface area (Å²) in [4.78, 5) is 23.9. The number of aromatic amines is 1. The van der Waals surface area contributed by atoms with Gasteiger partial charge < -0.3 is 5.32 Å². The Balaban J connectivity index is 1.71. The normalized spacial score (nSPS) is 10.4. The zero-order chi connectivity index (χ0) is 18.7. The summed E-state index contributed by atoms with van der Waals surface area (Å²) in [6, 6.07) is 6.98. The van der Waals surface area contributed by atoms with Gasteiger partial charge >= 0.3 is 6.03 Å². The SMILES string of the molecule is Cc1cc(-c2nn[nH]n2)ccc1NC(=O)NC(=O)c1c(F)cccc1F. The van der Waals surface area contributed by atoms with Crippen molar-refractivity contribution in [2.45, 2.75) is 6.92 Å². The lowest BCUT2D eigenvalue weighted by Gasteiger charge is -2.10. The van der Waals surface area contributed by atoms with E-state index in [0.717, 1.165) is 18.2 Å². The number of halogens is 2. The molecule has 0 unspecified atom stereocenters. The van der Waals surface area contributed by atoms with Gasteiger partial charge in [0, 0.05) is 11.3 Å². The summed E-state index contributed by atoms with van der Waals surface area (Å²) >= 11 is 0. The number of carbonyl (C=O) groups excluding carboxylic acids is 2. The highest BCUT2D eigenvalue weighted by molar-refractivity contribution is 6.08. The van der Waals surface area contributed by atoms with Crippen LogP contribution >= 0.6 is 0 Å². The molecule has 0 spiro atoms. The minimum Gasteiger partial charge on any atom is -0.307 e. The molecule has 132 valence electrons. The molecule has 0 aliphatic carbocycles. The number of imide groups is 1. The minimum absolute atomic E-state index is 0.384. The molecular weight excluding hydrogens is 346 g/mol. The summed E-state index contributed by atoms with van der Waals surface area (Å²) in [5, 5.41) is 17.8. The highest BCUT2D eigenvalue weighted by atomic mass is 19.1. The summed E-state index contributed by atoms with van der Waals surface area (Å²) < 4.78 is 27.1. The van der Waals surface area contributed by atoms with Crippen molar-refractivity contribution in [3.8, 4) is 11.4 Å². The van der Waals surface area contributed by atoms with Crippen LogP contribution in [0.25, 0.3) is 11.4 Å². The third-order valence-electron chi connectivity index (χ3n) is 3.50. The fourth-order valence-electron chi connectivity index (χ4n) is 2.26. The zero-order valence-electron chi connectivity index (χ0n) is 13.4. The molecule has 0 fully saturated rings. The largest absolute Gasteiger partial charge is 0.326 e. The molecule has 10 heteroatoms. The van der Waals surface area contributed by atoms with Crippen molar-refractivity contribution in [2.75, 3.05) is 5.32 Å². The lowest BCUT2D eigenvalue weighted by Crippen LogP contribution is -2.35. The second kappa shape index (κ2) is 7.05. The van der Waals surface area contributed by atoms with Gasteiger partial charge in [0.1, 0.15) is 17.2 Å². The number of H-pyrrole nitrogens is 1.